The molecule has 0 aliphatic carbocycles. The van der Waals surface area contributed by atoms with Crippen LogP contribution < -0.4 is 14.8 Å². The standard InChI is InChI=1S/C18H15N3O4S/c1-11-2-5-13(6-3-11)19-16(22)9-26-18-21-20-17(25-18)12-4-7-14-15(8-12)24-10-23-14/h2-8H,9-10H2,1H3,(H,19,22). The summed E-state index contributed by atoms with van der Waals surface area (Å²) < 4.78 is 16.2. The van der Waals surface area contributed by atoms with Crippen LogP contribution in [0.4, 0.5) is 5.69 Å². The van der Waals surface area contributed by atoms with Crippen LogP contribution in [0.15, 0.2) is 52.1 Å². The first-order chi connectivity index (χ1) is 12.7. The Morgan fingerprint density at radius 2 is 1.92 bits per heavy atom. The normalized spacial score (nSPS) is 12.2. The number of aromatic nitrogens is 2. The molecule has 0 bridgehead atoms. The van der Waals surface area contributed by atoms with Crippen LogP contribution in [0.2, 0.25) is 0 Å². The van der Waals surface area contributed by atoms with Gasteiger partial charge >= 0.3 is 0 Å². The maximum Gasteiger partial charge on any atom is 0.277 e. The van der Waals surface area contributed by atoms with Crippen molar-refractivity contribution in [3.63, 3.8) is 0 Å². The number of thioether (sulfide) groups is 1. The van der Waals surface area contributed by atoms with Gasteiger partial charge in [-0.3, -0.25) is 4.79 Å². The van der Waals surface area contributed by atoms with Crippen LogP contribution in [-0.2, 0) is 4.79 Å². The predicted octanol–water partition coefficient (Wildman–Crippen LogP) is 3.50. The Kier molecular flexibility index (Phi) is 4.49. The molecule has 7 nitrogen and oxygen atoms in total. The fraction of sp³-hybridized carbons (Fsp3) is 0.167. The van der Waals surface area contributed by atoms with E-state index < -0.39 is 0 Å². The van der Waals surface area contributed by atoms with Gasteiger partial charge in [0.25, 0.3) is 5.22 Å². The number of nitrogens with one attached hydrogen (secondary N) is 1. The summed E-state index contributed by atoms with van der Waals surface area (Å²) in [4.78, 5) is 12.0. The van der Waals surface area contributed by atoms with Crippen molar-refractivity contribution in [2.24, 2.45) is 0 Å². The Bertz CT molecular complexity index is 940. The van der Waals surface area contributed by atoms with E-state index in [0.29, 0.717) is 22.6 Å². The number of nitrogens with zero attached hydrogens (tertiary/aromatic N) is 2. The van der Waals surface area contributed by atoms with Gasteiger partial charge < -0.3 is 19.2 Å². The second-order valence-corrected chi connectivity index (χ2v) is 6.57. The summed E-state index contributed by atoms with van der Waals surface area (Å²) in [5.41, 5.74) is 2.63. The summed E-state index contributed by atoms with van der Waals surface area (Å²) in [7, 11) is 0. The van der Waals surface area contributed by atoms with E-state index in [0.717, 1.165) is 16.8 Å². The Hall–Kier alpha value is -3.00. The van der Waals surface area contributed by atoms with E-state index in [-0.39, 0.29) is 18.5 Å². The van der Waals surface area contributed by atoms with Gasteiger partial charge in [-0.15, -0.1) is 10.2 Å². The van der Waals surface area contributed by atoms with E-state index in [1.165, 1.54) is 11.8 Å². The van der Waals surface area contributed by atoms with Crippen molar-refractivity contribution in [2.45, 2.75) is 12.1 Å². The zero-order chi connectivity index (χ0) is 17.9. The van der Waals surface area contributed by atoms with Crippen molar-refractivity contribution in [3.05, 3.63) is 48.0 Å². The zero-order valence-corrected chi connectivity index (χ0v) is 14.7. The van der Waals surface area contributed by atoms with E-state index in [9.17, 15) is 4.79 Å². The highest BCUT2D eigenvalue weighted by Gasteiger charge is 2.17. The molecule has 0 spiro atoms. The predicted molar refractivity (Wildman–Crippen MR) is 96.4 cm³/mol. The summed E-state index contributed by atoms with van der Waals surface area (Å²) in [5, 5.41) is 11.1. The molecule has 1 aliphatic heterocycles. The minimum absolute atomic E-state index is 0.137. The van der Waals surface area contributed by atoms with Crippen molar-refractivity contribution in [1.82, 2.24) is 10.2 Å². The minimum Gasteiger partial charge on any atom is -0.454 e. The molecule has 0 atom stereocenters. The highest BCUT2D eigenvalue weighted by Crippen LogP contribution is 2.36. The van der Waals surface area contributed by atoms with Crippen LogP contribution >= 0.6 is 11.8 Å². The lowest BCUT2D eigenvalue weighted by Gasteiger charge is -2.04. The lowest BCUT2D eigenvalue weighted by Crippen LogP contribution is -2.13. The molecule has 0 radical (unpaired) electrons. The fourth-order valence-corrected chi connectivity index (χ4v) is 2.94. The number of hydrogen-bond acceptors (Lipinski definition) is 7. The van der Waals surface area contributed by atoms with E-state index in [1.54, 1.807) is 12.1 Å². The molecule has 1 N–H and O–H groups in total. The van der Waals surface area contributed by atoms with Crippen LogP contribution in [0.25, 0.3) is 11.5 Å². The maximum absolute atomic E-state index is 12.0. The Labute approximate surface area is 153 Å². The van der Waals surface area contributed by atoms with Gasteiger partial charge in [-0.25, -0.2) is 0 Å². The van der Waals surface area contributed by atoms with Crippen molar-refractivity contribution in [2.75, 3.05) is 17.9 Å². The Balaban J connectivity index is 1.36. The lowest BCUT2D eigenvalue weighted by molar-refractivity contribution is -0.113. The van der Waals surface area contributed by atoms with Gasteiger partial charge in [0.05, 0.1) is 5.75 Å². The van der Waals surface area contributed by atoms with E-state index in [1.807, 2.05) is 37.3 Å². The van der Waals surface area contributed by atoms with Gasteiger partial charge in [0.15, 0.2) is 11.5 Å². The molecule has 1 amide bonds. The van der Waals surface area contributed by atoms with Crippen LogP contribution in [0.5, 0.6) is 11.5 Å². The highest BCUT2D eigenvalue weighted by atomic mass is 32.2. The third-order valence-electron chi connectivity index (χ3n) is 3.69. The number of hydrogen-bond donors (Lipinski definition) is 1. The SMILES string of the molecule is Cc1ccc(NC(=O)CSc2nnc(-c3ccc4c(c3)OCO4)o2)cc1. The number of benzene rings is 2. The number of aryl methyl sites for hydroxylation is 1. The number of amides is 1. The lowest BCUT2D eigenvalue weighted by atomic mass is 10.2. The number of carbonyl (C=O) groups excluding carboxylic acids is 1. The first-order valence-electron chi connectivity index (χ1n) is 7.90. The third kappa shape index (κ3) is 3.65. The fourth-order valence-electron chi connectivity index (χ4n) is 2.38. The number of rotatable bonds is 5. The third-order valence-corrected chi connectivity index (χ3v) is 4.51. The molecule has 0 unspecified atom stereocenters. The summed E-state index contributed by atoms with van der Waals surface area (Å²) in [6.45, 7) is 2.20. The van der Waals surface area contributed by atoms with Gasteiger partial charge in [-0.1, -0.05) is 29.5 Å². The summed E-state index contributed by atoms with van der Waals surface area (Å²) in [5.74, 6) is 1.74. The van der Waals surface area contributed by atoms with E-state index >= 15 is 0 Å². The second-order valence-electron chi connectivity index (χ2n) is 5.64. The molecular formula is C18H15N3O4S. The molecule has 4 rings (SSSR count). The van der Waals surface area contributed by atoms with Crippen LogP contribution in [0.1, 0.15) is 5.56 Å². The second kappa shape index (κ2) is 7.09. The Morgan fingerprint density at radius 3 is 2.77 bits per heavy atom. The number of fused-ring (bicyclic) bond motifs is 1. The molecule has 1 aliphatic rings. The molecule has 0 saturated carbocycles. The zero-order valence-electron chi connectivity index (χ0n) is 13.9. The van der Waals surface area contributed by atoms with Crippen molar-refractivity contribution in [1.29, 1.82) is 0 Å². The highest BCUT2D eigenvalue weighted by molar-refractivity contribution is 7.99. The van der Waals surface area contributed by atoms with Crippen LogP contribution in [0.3, 0.4) is 0 Å². The quantitative estimate of drug-likeness (QED) is 0.689. The van der Waals surface area contributed by atoms with Gasteiger partial charge in [-0.2, -0.15) is 0 Å². The smallest absolute Gasteiger partial charge is 0.277 e. The van der Waals surface area contributed by atoms with Gasteiger partial charge in [0, 0.05) is 11.3 Å². The van der Waals surface area contributed by atoms with E-state index in [2.05, 4.69) is 15.5 Å². The molecule has 26 heavy (non-hydrogen) atoms. The van der Waals surface area contributed by atoms with Crippen molar-refractivity contribution in [3.8, 4) is 23.0 Å². The molecular weight excluding hydrogens is 354 g/mol. The van der Waals surface area contributed by atoms with Crippen LogP contribution in [0, 0.1) is 6.92 Å². The Morgan fingerprint density at radius 1 is 1.12 bits per heavy atom. The number of anilines is 1. The summed E-state index contributed by atoms with van der Waals surface area (Å²) in [6.07, 6.45) is 0. The monoisotopic (exact) mass is 369 g/mol. The molecule has 0 fully saturated rings. The van der Waals surface area contributed by atoms with E-state index in [4.69, 9.17) is 13.9 Å². The van der Waals surface area contributed by atoms with Crippen molar-refractivity contribution >= 4 is 23.4 Å². The van der Waals surface area contributed by atoms with Gasteiger partial charge in [-0.05, 0) is 37.3 Å². The first-order valence-corrected chi connectivity index (χ1v) is 8.89. The van der Waals surface area contributed by atoms with Gasteiger partial charge in [0.1, 0.15) is 0 Å². The maximum atomic E-state index is 12.0. The minimum atomic E-state index is -0.137. The average molecular weight is 369 g/mol. The molecule has 3 aromatic rings. The average Bonchev–Trinajstić information content (AvgIpc) is 3.30. The molecule has 2 heterocycles. The molecule has 0 saturated heterocycles. The molecule has 2 aromatic carbocycles. The first kappa shape index (κ1) is 16.5. The molecule has 8 heteroatoms. The molecule has 132 valence electrons. The topological polar surface area (TPSA) is 86.5 Å². The van der Waals surface area contributed by atoms with Gasteiger partial charge in [0.2, 0.25) is 18.6 Å². The van der Waals surface area contributed by atoms with Crippen LogP contribution in [-0.4, -0.2) is 28.7 Å². The van der Waals surface area contributed by atoms with Crippen molar-refractivity contribution < 1.29 is 18.7 Å². The molecule has 1 aromatic heterocycles. The number of ether oxygens (including phenoxy) is 2. The summed E-state index contributed by atoms with van der Waals surface area (Å²) >= 11 is 1.18. The number of carbonyl (C=O) groups is 1. The largest absolute Gasteiger partial charge is 0.454 e. The summed E-state index contributed by atoms with van der Waals surface area (Å²) in [6, 6.07) is 13.0.